The summed E-state index contributed by atoms with van der Waals surface area (Å²) in [5, 5.41) is 12.8. The summed E-state index contributed by atoms with van der Waals surface area (Å²) in [6, 6.07) is 14.2. The Balaban J connectivity index is 1.92. The van der Waals surface area contributed by atoms with Crippen LogP contribution in [0, 0.1) is 0 Å². The predicted octanol–water partition coefficient (Wildman–Crippen LogP) is 1.33. The molecule has 22 heavy (non-hydrogen) atoms. The highest BCUT2D eigenvalue weighted by molar-refractivity contribution is 5.96. The lowest BCUT2D eigenvalue weighted by atomic mass is 10.2. The van der Waals surface area contributed by atoms with Crippen LogP contribution >= 0.6 is 0 Å². The predicted molar refractivity (Wildman–Crippen MR) is 80.7 cm³/mol. The van der Waals surface area contributed by atoms with E-state index in [1.807, 2.05) is 30.3 Å². The Morgan fingerprint density at radius 2 is 1.86 bits per heavy atom. The summed E-state index contributed by atoms with van der Waals surface area (Å²) < 4.78 is 1.29. The van der Waals surface area contributed by atoms with Crippen molar-refractivity contribution in [2.45, 2.75) is 6.54 Å². The zero-order chi connectivity index (χ0) is 15.5. The first kappa shape index (κ1) is 13.8. The van der Waals surface area contributed by atoms with Crippen molar-refractivity contribution < 1.29 is 9.90 Å². The van der Waals surface area contributed by atoms with Gasteiger partial charge in [0.05, 0.1) is 0 Å². The Morgan fingerprint density at radius 1 is 1.14 bits per heavy atom. The van der Waals surface area contributed by atoms with Gasteiger partial charge in [0.1, 0.15) is 5.65 Å². The monoisotopic (exact) mass is 295 g/mol. The third-order valence-corrected chi connectivity index (χ3v) is 3.24. The fraction of sp³-hybridized carbons (Fsp3) is 0.0625. The number of hydrogen-bond donors (Lipinski definition) is 2. The van der Waals surface area contributed by atoms with Crippen LogP contribution in [0.2, 0.25) is 0 Å². The van der Waals surface area contributed by atoms with Gasteiger partial charge in [-0.1, -0.05) is 36.4 Å². The summed E-state index contributed by atoms with van der Waals surface area (Å²) in [6.07, 6.45) is 1.53. The highest BCUT2D eigenvalue weighted by atomic mass is 16.3. The summed E-state index contributed by atoms with van der Waals surface area (Å²) in [6.45, 7) is 0.260. The number of aromatic nitrogens is 2. The Labute approximate surface area is 125 Å². The number of hydrogen-bond acceptors (Lipinski definition) is 4. The van der Waals surface area contributed by atoms with E-state index in [4.69, 9.17) is 0 Å². The van der Waals surface area contributed by atoms with Crippen LogP contribution in [0.15, 0.2) is 59.5 Å². The smallest absolute Gasteiger partial charge is 0.290 e. The molecule has 2 aromatic heterocycles. The lowest BCUT2D eigenvalue weighted by Gasteiger charge is -2.08. The van der Waals surface area contributed by atoms with Crippen molar-refractivity contribution in [2.75, 3.05) is 0 Å². The van der Waals surface area contributed by atoms with E-state index >= 15 is 0 Å². The van der Waals surface area contributed by atoms with E-state index in [9.17, 15) is 14.7 Å². The number of benzene rings is 1. The topological polar surface area (TPSA) is 83.7 Å². The highest BCUT2D eigenvalue weighted by Crippen LogP contribution is 2.14. The molecule has 0 radical (unpaired) electrons. The van der Waals surface area contributed by atoms with Gasteiger partial charge in [-0.05, 0) is 17.7 Å². The van der Waals surface area contributed by atoms with Gasteiger partial charge < -0.3 is 10.4 Å². The summed E-state index contributed by atoms with van der Waals surface area (Å²) in [4.78, 5) is 27.9. The number of rotatable bonds is 3. The van der Waals surface area contributed by atoms with Crippen LogP contribution in [0.5, 0.6) is 5.88 Å². The van der Waals surface area contributed by atoms with Gasteiger partial charge in [0.15, 0.2) is 5.56 Å². The third-order valence-electron chi connectivity index (χ3n) is 3.24. The summed E-state index contributed by atoms with van der Waals surface area (Å²) in [5.41, 5.74) is 0.0580. The van der Waals surface area contributed by atoms with Crippen LogP contribution in [0.1, 0.15) is 15.9 Å². The lowest BCUT2D eigenvalue weighted by molar-refractivity contribution is 0.0945. The minimum Gasteiger partial charge on any atom is -0.493 e. The van der Waals surface area contributed by atoms with Crippen LogP contribution in [-0.2, 0) is 6.54 Å². The van der Waals surface area contributed by atoms with Crippen molar-refractivity contribution >= 4 is 11.6 Å². The Kier molecular flexibility index (Phi) is 3.57. The van der Waals surface area contributed by atoms with E-state index in [2.05, 4.69) is 10.3 Å². The van der Waals surface area contributed by atoms with Crippen molar-refractivity contribution in [3.63, 3.8) is 0 Å². The third kappa shape index (κ3) is 2.54. The fourth-order valence-corrected chi connectivity index (χ4v) is 2.15. The second-order valence-electron chi connectivity index (χ2n) is 4.71. The first-order valence-corrected chi connectivity index (χ1v) is 6.69. The molecular formula is C16H13N3O3. The molecule has 0 aliphatic rings. The Morgan fingerprint density at radius 3 is 2.64 bits per heavy atom. The molecule has 0 saturated heterocycles. The van der Waals surface area contributed by atoms with Gasteiger partial charge in [-0.25, -0.2) is 0 Å². The zero-order valence-electron chi connectivity index (χ0n) is 11.6. The van der Waals surface area contributed by atoms with Crippen molar-refractivity contribution in [3.8, 4) is 5.88 Å². The van der Waals surface area contributed by atoms with E-state index in [1.54, 1.807) is 18.2 Å². The average Bonchev–Trinajstić information content (AvgIpc) is 2.54. The van der Waals surface area contributed by atoms with Crippen molar-refractivity contribution in [2.24, 2.45) is 0 Å². The molecule has 1 amide bonds. The fourth-order valence-electron chi connectivity index (χ4n) is 2.15. The molecule has 1 aromatic carbocycles. The van der Waals surface area contributed by atoms with Gasteiger partial charge >= 0.3 is 0 Å². The second-order valence-corrected chi connectivity index (χ2v) is 4.71. The van der Waals surface area contributed by atoms with Crippen molar-refractivity contribution in [3.05, 3.63) is 76.2 Å². The Bertz CT molecular complexity index is 888. The van der Waals surface area contributed by atoms with Crippen molar-refractivity contribution in [1.82, 2.24) is 14.7 Å². The van der Waals surface area contributed by atoms with Gasteiger partial charge in [-0.15, -0.1) is 0 Å². The maximum atomic E-state index is 12.2. The highest BCUT2D eigenvalue weighted by Gasteiger charge is 2.19. The molecule has 110 valence electrons. The molecule has 2 N–H and O–H groups in total. The van der Waals surface area contributed by atoms with Gasteiger partial charge in [0, 0.05) is 12.7 Å². The molecule has 0 saturated carbocycles. The van der Waals surface area contributed by atoms with Crippen LogP contribution < -0.4 is 10.9 Å². The first-order valence-electron chi connectivity index (χ1n) is 6.69. The van der Waals surface area contributed by atoms with E-state index in [0.717, 1.165) is 5.56 Å². The van der Waals surface area contributed by atoms with Gasteiger partial charge in [0.2, 0.25) is 5.88 Å². The molecule has 2 heterocycles. The van der Waals surface area contributed by atoms with E-state index in [1.165, 1.54) is 10.6 Å². The summed E-state index contributed by atoms with van der Waals surface area (Å²) in [7, 11) is 0. The largest absolute Gasteiger partial charge is 0.493 e. The molecule has 0 spiro atoms. The molecule has 6 heteroatoms. The summed E-state index contributed by atoms with van der Waals surface area (Å²) in [5.74, 6) is -1.07. The molecule has 0 fully saturated rings. The van der Waals surface area contributed by atoms with Crippen LogP contribution in [0.4, 0.5) is 0 Å². The molecule has 3 rings (SSSR count). The zero-order valence-corrected chi connectivity index (χ0v) is 11.6. The SMILES string of the molecule is O=C(NCc1ccccc1)c1c(O)n2ccccc2nc1=O. The first-order chi connectivity index (χ1) is 10.7. The quantitative estimate of drug-likeness (QED) is 0.763. The number of carbonyl (C=O) groups excluding carboxylic acids is 1. The van der Waals surface area contributed by atoms with Gasteiger partial charge in [0.25, 0.3) is 11.5 Å². The lowest BCUT2D eigenvalue weighted by Crippen LogP contribution is -2.30. The van der Waals surface area contributed by atoms with Crippen LogP contribution in [0.3, 0.4) is 0 Å². The summed E-state index contributed by atoms with van der Waals surface area (Å²) >= 11 is 0. The molecule has 0 aliphatic heterocycles. The number of fused-ring (bicyclic) bond motifs is 1. The number of nitrogens with zero attached hydrogens (tertiary/aromatic N) is 2. The van der Waals surface area contributed by atoms with E-state index < -0.39 is 17.3 Å². The second kappa shape index (κ2) is 5.69. The number of pyridine rings is 1. The molecule has 3 aromatic rings. The van der Waals surface area contributed by atoms with Crippen molar-refractivity contribution in [1.29, 1.82) is 0 Å². The molecule has 0 atom stereocenters. The normalized spacial score (nSPS) is 10.5. The number of amides is 1. The minimum atomic E-state index is -0.755. The molecule has 0 bridgehead atoms. The van der Waals surface area contributed by atoms with Crippen LogP contribution in [0.25, 0.3) is 5.65 Å². The number of nitrogens with one attached hydrogen (secondary N) is 1. The van der Waals surface area contributed by atoms with Gasteiger partial charge in [-0.2, -0.15) is 4.98 Å². The molecule has 6 nitrogen and oxygen atoms in total. The number of carbonyl (C=O) groups is 1. The molecule has 0 aliphatic carbocycles. The standard InChI is InChI=1S/C16H13N3O3/c20-14(17-10-11-6-2-1-3-7-11)13-15(21)18-12-8-4-5-9-19(12)16(13)22/h1-9,22H,10H2,(H,17,20). The number of aromatic hydroxyl groups is 1. The minimum absolute atomic E-state index is 0.260. The average molecular weight is 295 g/mol. The molecule has 0 unspecified atom stereocenters. The van der Waals surface area contributed by atoms with Gasteiger partial charge in [-0.3, -0.25) is 14.0 Å². The Hall–Kier alpha value is -3.15. The maximum absolute atomic E-state index is 12.2. The van der Waals surface area contributed by atoms with E-state index in [-0.39, 0.29) is 17.8 Å². The van der Waals surface area contributed by atoms with Crippen LogP contribution in [-0.4, -0.2) is 20.4 Å². The van der Waals surface area contributed by atoms with E-state index in [0.29, 0.717) is 0 Å². The maximum Gasteiger partial charge on any atom is 0.290 e. The molecular weight excluding hydrogens is 282 g/mol.